The van der Waals surface area contributed by atoms with Crippen LogP contribution in [0.15, 0.2) is 27.6 Å². The van der Waals surface area contributed by atoms with Gasteiger partial charge in [0.2, 0.25) is 11.7 Å². The third kappa shape index (κ3) is 5.20. The highest BCUT2D eigenvalue weighted by molar-refractivity contribution is 7.99. The Hall–Kier alpha value is -1.62. The second kappa shape index (κ2) is 9.62. The zero-order valence-corrected chi connectivity index (χ0v) is 14.4. The Kier molecular flexibility index (Phi) is 7.50. The van der Waals surface area contributed by atoms with Gasteiger partial charge >= 0.3 is 0 Å². The van der Waals surface area contributed by atoms with E-state index in [0.29, 0.717) is 40.1 Å². The first-order valence-corrected chi connectivity index (χ1v) is 9.33. The van der Waals surface area contributed by atoms with Crippen molar-refractivity contribution < 1.29 is 19.7 Å². The molecule has 0 aliphatic carbocycles. The zero-order valence-electron chi connectivity index (χ0n) is 12.8. The van der Waals surface area contributed by atoms with E-state index < -0.39 is 4.92 Å². The maximum atomic E-state index is 11.2. The van der Waals surface area contributed by atoms with Gasteiger partial charge in [0.25, 0.3) is 5.69 Å². The SMILES string of the molecule is O=[N+]([O-])c1cc(-c2noc(CCSCCO)n2)ccc1SCCO. The van der Waals surface area contributed by atoms with E-state index in [4.69, 9.17) is 14.7 Å². The molecule has 1 aromatic heterocycles. The maximum absolute atomic E-state index is 11.2. The number of benzene rings is 1. The summed E-state index contributed by atoms with van der Waals surface area (Å²) in [5.41, 5.74) is 0.462. The van der Waals surface area contributed by atoms with E-state index in [9.17, 15) is 10.1 Å². The fraction of sp³-hybridized carbons (Fsp3) is 0.429. The average Bonchev–Trinajstić information content (AvgIpc) is 3.05. The summed E-state index contributed by atoms with van der Waals surface area (Å²) in [4.78, 5) is 15.5. The van der Waals surface area contributed by atoms with E-state index in [1.807, 2.05) is 0 Å². The van der Waals surface area contributed by atoms with Crippen molar-refractivity contribution >= 4 is 29.2 Å². The molecule has 1 aromatic carbocycles. The first-order valence-electron chi connectivity index (χ1n) is 7.19. The lowest BCUT2D eigenvalue weighted by Crippen LogP contribution is -1.95. The van der Waals surface area contributed by atoms with Crippen LogP contribution < -0.4 is 0 Å². The van der Waals surface area contributed by atoms with Gasteiger partial charge in [-0.25, -0.2) is 0 Å². The van der Waals surface area contributed by atoms with Gasteiger partial charge in [-0.3, -0.25) is 10.1 Å². The standard InChI is InChI=1S/C14H17N3O5S2/c18-4-7-23-6-3-13-15-14(16-22-13)10-1-2-12(24-8-5-19)11(9-10)17(20)21/h1-2,9,18-19H,3-8H2. The van der Waals surface area contributed by atoms with Gasteiger partial charge in [-0.1, -0.05) is 5.16 Å². The molecule has 0 saturated heterocycles. The van der Waals surface area contributed by atoms with Crippen LogP contribution in [0.2, 0.25) is 0 Å². The molecule has 0 fully saturated rings. The molecule has 0 aliphatic rings. The molecule has 0 bridgehead atoms. The number of hydrogen-bond acceptors (Lipinski definition) is 9. The van der Waals surface area contributed by atoms with Crippen molar-refractivity contribution in [3.8, 4) is 11.4 Å². The summed E-state index contributed by atoms with van der Waals surface area (Å²) in [6.07, 6.45) is 0.574. The van der Waals surface area contributed by atoms with Crippen LogP contribution in [-0.2, 0) is 6.42 Å². The van der Waals surface area contributed by atoms with Gasteiger partial charge in [0.05, 0.1) is 23.0 Å². The van der Waals surface area contributed by atoms with E-state index in [1.165, 1.54) is 17.8 Å². The summed E-state index contributed by atoms with van der Waals surface area (Å²) < 4.78 is 5.15. The Morgan fingerprint density at radius 1 is 1.21 bits per heavy atom. The number of hydrogen-bond donors (Lipinski definition) is 2. The lowest BCUT2D eigenvalue weighted by molar-refractivity contribution is -0.387. The van der Waals surface area contributed by atoms with Crippen LogP contribution in [-0.4, -0.2) is 55.7 Å². The van der Waals surface area contributed by atoms with Crippen molar-refractivity contribution in [1.82, 2.24) is 10.1 Å². The van der Waals surface area contributed by atoms with Crippen molar-refractivity contribution in [2.75, 3.05) is 30.5 Å². The fourth-order valence-corrected chi connectivity index (χ4v) is 3.29. The zero-order chi connectivity index (χ0) is 17.4. The number of nitro groups is 1. The molecule has 24 heavy (non-hydrogen) atoms. The summed E-state index contributed by atoms with van der Waals surface area (Å²) in [6.45, 7) is 0.0795. The largest absolute Gasteiger partial charge is 0.396 e. The highest BCUT2D eigenvalue weighted by Crippen LogP contribution is 2.32. The summed E-state index contributed by atoms with van der Waals surface area (Å²) in [6, 6.07) is 4.73. The van der Waals surface area contributed by atoms with Crippen LogP contribution in [0.1, 0.15) is 5.89 Å². The molecule has 0 radical (unpaired) electrons. The van der Waals surface area contributed by atoms with Crippen LogP contribution in [0.5, 0.6) is 0 Å². The molecule has 1 heterocycles. The minimum Gasteiger partial charge on any atom is -0.396 e. The normalized spacial score (nSPS) is 10.9. The quantitative estimate of drug-likeness (QED) is 0.279. The minimum absolute atomic E-state index is 0.0456. The minimum atomic E-state index is -0.463. The monoisotopic (exact) mass is 371 g/mol. The molecular weight excluding hydrogens is 354 g/mol. The maximum Gasteiger partial charge on any atom is 0.283 e. The van der Waals surface area contributed by atoms with Gasteiger partial charge in [-0.05, 0) is 12.1 Å². The molecule has 8 nitrogen and oxygen atoms in total. The van der Waals surface area contributed by atoms with E-state index >= 15 is 0 Å². The van der Waals surface area contributed by atoms with Gasteiger partial charge in [-0.2, -0.15) is 16.7 Å². The lowest BCUT2D eigenvalue weighted by Gasteiger charge is -2.03. The third-order valence-electron chi connectivity index (χ3n) is 2.93. The Balaban J connectivity index is 2.12. The van der Waals surface area contributed by atoms with Crippen LogP contribution in [0.3, 0.4) is 0 Å². The smallest absolute Gasteiger partial charge is 0.283 e. The molecule has 2 rings (SSSR count). The molecular formula is C14H17N3O5S2. The molecule has 10 heteroatoms. The first kappa shape index (κ1) is 18.7. The number of aliphatic hydroxyl groups excluding tert-OH is 2. The molecule has 0 unspecified atom stereocenters. The predicted molar refractivity (Wildman–Crippen MR) is 92.3 cm³/mol. The molecule has 2 aromatic rings. The molecule has 0 saturated carbocycles. The third-order valence-corrected chi connectivity index (χ3v) is 4.93. The number of aromatic nitrogens is 2. The van der Waals surface area contributed by atoms with Crippen molar-refractivity contribution in [1.29, 1.82) is 0 Å². The molecule has 0 amide bonds. The molecule has 0 aliphatic heterocycles. The van der Waals surface area contributed by atoms with Crippen LogP contribution in [0.4, 0.5) is 5.69 Å². The van der Waals surface area contributed by atoms with Gasteiger partial charge in [0, 0.05) is 35.3 Å². The number of aliphatic hydroxyl groups is 2. The Bertz CT molecular complexity index is 680. The average molecular weight is 371 g/mol. The van der Waals surface area contributed by atoms with Crippen molar-refractivity contribution in [2.45, 2.75) is 11.3 Å². The molecule has 0 atom stereocenters. The number of nitrogens with zero attached hydrogens (tertiary/aromatic N) is 3. The van der Waals surface area contributed by atoms with Crippen LogP contribution in [0.25, 0.3) is 11.4 Å². The van der Waals surface area contributed by atoms with Crippen molar-refractivity contribution in [2.24, 2.45) is 0 Å². The number of nitro benzene ring substituents is 1. The second-order valence-corrected chi connectivity index (χ2v) is 6.97. The highest BCUT2D eigenvalue weighted by Gasteiger charge is 2.18. The summed E-state index contributed by atoms with van der Waals surface area (Å²) in [5, 5.41) is 32.7. The Labute approximate surface area is 146 Å². The lowest BCUT2D eigenvalue weighted by atomic mass is 10.2. The van der Waals surface area contributed by atoms with Gasteiger partial charge in [0.15, 0.2) is 0 Å². The number of aryl methyl sites for hydroxylation is 1. The van der Waals surface area contributed by atoms with Gasteiger partial charge in [-0.15, -0.1) is 11.8 Å². The molecule has 130 valence electrons. The Morgan fingerprint density at radius 2 is 2.00 bits per heavy atom. The predicted octanol–water partition coefficient (Wildman–Crippen LogP) is 2.00. The van der Waals surface area contributed by atoms with E-state index in [0.717, 1.165) is 5.75 Å². The van der Waals surface area contributed by atoms with E-state index in [1.54, 1.807) is 23.9 Å². The van der Waals surface area contributed by atoms with E-state index in [-0.39, 0.29) is 18.9 Å². The van der Waals surface area contributed by atoms with Gasteiger partial charge in [0.1, 0.15) is 0 Å². The number of thioether (sulfide) groups is 2. The summed E-state index contributed by atoms with van der Waals surface area (Å²) >= 11 is 2.80. The molecule has 0 spiro atoms. The molecule has 2 N–H and O–H groups in total. The topological polar surface area (TPSA) is 123 Å². The van der Waals surface area contributed by atoms with E-state index in [2.05, 4.69) is 10.1 Å². The Morgan fingerprint density at radius 3 is 2.71 bits per heavy atom. The first-order chi connectivity index (χ1) is 11.7. The van der Waals surface area contributed by atoms with Crippen LogP contribution >= 0.6 is 23.5 Å². The van der Waals surface area contributed by atoms with Crippen LogP contribution in [0, 0.1) is 10.1 Å². The van der Waals surface area contributed by atoms with Crippen molar-refractivity contribution in [3.05, 3.63) is 34.2 Å². The summed E-state index contributed by atoms with van der Waals surface area (Å²) in [5.74, 6) is 2.55. The number of rotatable bonds is 10. The van der Waals surface area contributed by atoms with Gasteiger partial charge < -0.3 is 14.7 Å². The van der Waals surface area contributed by atoms with Crippen molar-refractivity contribution in [3.63, 3.8) is 0 Å². The second-order valence-electron chi connectivity index (χ2n) is 4.61. The summed E-state index contributed by atoms with van der Waals surface area (Å²) in [7, 11) is 0. The fourth-order valence-electron chi connectivity index (χ4n) is 1.88. The highest BCUT2D eigenvalue weighted by atomic mass is 32.2.